The maximum atomic E-state index is 4.27. The van der Waals surface area contributed by atoms with Gasteiger partial charge in [-0.05, 0) is 39.2 Å². The van der Waals surface area contributed by atoms with Crippen LogP contribution in [0, 0.1) is 5.92 Å². The predicted octanol–water partition coefficient (Wildman–Crippen LogP) is 2.14. The molecule has 1 fully saturated rings. The van der Waals surface area contributed by atoms with E-state index in [0.717, 1.165) is 19.0 Å². The van der Waals surface area contributed by atoms with Gasteiger partial charge >= 0.3 is 0 Å². The molecule has 1 aromatic rings. The zero-order chi connectivity index (χ0) is 10.9. The van der Waals surface area contributed by atoms with Gasteiger partial charge in [0.1, 0.15) is 0 Å². The summed E-state index contributed by atoms with van der Waals surface area (Å²) in [6.07, 6.45) is 6.69. The SMILES string of the molecule is CCNCc1cncn1C(C)(C)C1CC1. The van der Waals surface area contributed by atoms with Crippen LogP contribution in [0.15, 0.2) is 12.5 Å². The summed E-state index contributed by atoms with van der Waals surface area (Å²) in [4.78, 5) is 4.27. The minimum Gasteiger partial charge on any atom is -0.327 e. The molecule has 1 aliphatic rings. The Bertz CT molecular complexity index is 323. The number of imidazole rings is 1. The van der Waals surface area contributed by atoms with Crippen molar-refractivity contribution >= 4 is 0 Å². The van der Waals surface area contributed by atoms with E-state index < -0.39 is 0 Å². The van der Waals surface area contributed by atoms with Gasteiger partial charge in [-0.2, -0.15) is 0 Å². The maximum absolute atomic E-state index is 4.27. The molecular weight excluding hydrogens is 186 g/mol. The van der Waals surface area contributed by atoms with Crippen LogP contribution < -0.4 is 5.32 Å². The van der Waals surface area contributed by atoms with Crippen LogP contribution in [-0.2, 0) is 12.1 Å². The standard InChI is InChI=1S/C12H21N3/c1-4-13-7-11-8-14-9-15(11)12(2,3)10-5-6-10/h8-10,13H,4-7H2,1-3H3. The molecule has 1 heterocycles. The minimum atomic E-state index is 0.237. The van der Waals surface area contributed by atoms with Gasteiger partial charge in [0.25, 0.3) is 0 Å². The van der Waals surface area contributed by atoms with Crippen LogP contribution in [0.2, 0.25) is 0 Å². The Kier molecular flexibility index (Phi) is 2.83. The van der Waals surface area contributed by atoms with Crippen molar-refractivity contribution in [2.45, 2.75) is 45.7 Å². The summed E-state index contributed by atoms with van der Waals surface area (Å²) < 4.78 is 2.34. The highest BCUT2D eigenvalue weighted by Crippen LogP contribution is 2.44. The fourth-order valence-corrected chi connectivity index (χ4v) is 2.21. The molecule has 1 aliphatic carbocycles. The number of nitrogens with zero attached hydrogens (tertiary/aromatic N) is 2. The van der Waals surface area contributed by atoms with Gasteiger partial charge in [-0.25, -0.2) is 4.98 Å². The van der Waals surface area contributed by atoms with Gasteiger partial charge in [-0.1, -0.05) is 6.92 Å². The third-order valence-electron chi connectivity index (χ3n) is 3.47. The van der Waals surface area contributed by atoms with Crippen molar-refractivity contribution in [3.8, 4) is 0 Å². The van der Waals surface area contributed by atoms with Crippen LogP contribution >= 0.6 is 0 Å². The molecule has 3 nitrogen and oxygen atoms in total. The van der Waals surface area contributed by atoms with Gasteiger partial charge in [-0.3, -0.25) is 0 Å². The summed E-state index contributed by atoms with van der Waals surface area (Å²) in [6.45, 7) is 8.71. The second-order valence-electron chi connectivity index (χ2n) is 4.96. The van der Waals surface area contributed by atoms with Gasteiger partial charge in [0.15, 0.2) is 0 Å². The average Bonchev–Trinajstić information content (AvgIpc) is 2.95. The first-order valence-corrected chi connectivity index (χ1v) is 5.88. The molecule has 1 N–H and O–H groups in total. The number of nitrogens with one attached hydrogen (secondary N) is 1. The Morgan fingerprint density at radius 1 is 1.53 bits per heavy atom. The molecule has 0 bridgehead atoms. The van der Waals surface area contributed by atoms with E-state index in [-0.39, 0.29) is 5.54 Å². The van der Waals surface area contributed by atoms with Gasteiger partial charge in [-0.15, -0.1) is 0 Å². The topological polar surface area (TPSA) is 29.9 Å². The number of rotatable bonds is 5. The van der Waals surface area contributed by atoms with E-state index >= 15 is 0 Å². The van der Waals surface area contributed by atoms with Crippen molar-refractivity contribution in [3.05, 3.63) is 18.2 Å². The normalized spacial score (nSPS) is 17.0. The van der Waals surface area contributed by atoms with Crippen molar-refractivity contribution in [1.82, 2.24) is 14.9 Å². The van der Waals surface area contributed by atoms with E-state index in [1.807, 2.05) is 12.5 Å². The van der Waals surface area contributed by atoms with Crippen molar-refractivity contribution in [3.63, 3.8) is 0 Å². The summed E-state index contributed by atoms with van der Waals surface area (Å²) in [5.74, 6) is 0.840. The van der Waals surface area contributed by atoms with E-state index in [0.29, 0.717) is 0 Å². The lowest BCUT2D eigenvalue weighted by Gasteiger charge is -2.28. The Balaban J connectivity index is 2.15. The van der Waals surface area contributed by atoms with Crippen molar-refractivity contribution < 1.29 is 0 Å². The molecule has 1 aromatic heterocycles. The van der Waals surface area contributed by atoms with Crippen LogP contribution in [0.5, 0.6) is 0 Å². The molecule has 0 atom stereocenters. The lowest BCUT2D eigenvalue weighted by atomic mass is 9.98. The highest BCUT2D eigenvalue weighted by molar-refractivity contribution is 5.06. The van der Waals surface area contributed by atoms with E-state index in [1.54, 1.807) is 0 Å². The van der Waals surface area contributed by atoms with Crippen LogP contribution in [0.3, 0.4) is 0 Å². The highest BCUT2D eigenvalue weighted by Gasteiger charge is 2.39. The first-order chi connectivity index (χ1) is 7.16. The average molecular weight is 207 g/mol. The van der Waals surface area contributed by atoms with E-state index in [2.05, 4.69) is 35.6 Å². The molecule has 0 radical (unpaired) electrons. The number of aromatic nitrogens is 2. The summed E-state index contributed by atoms with van der Waals surface area (Å²) in [5.41, 5.74) is 1.54. The first-order valence-electron chi connectivity index (χ1n) is 5.88. The fraction of sp³-hybridized carbons (Fsp3) is 0.750. The molecule has 1 saturated carbocycles. The Morgan fingerprint density at radius 3 is 2.87 bits per heavy atom. The van der Waals surface area contributed by atoms with Crippen LogP contribution in [0.25, 0.3) is 0 Å². The molecule has 0 unspecified atom stereocenters. The minimum absolute atomic E-state index is 0.237. The van der Waals surface area contributed by atoms with Crippen molar-refractivity contribution in [2.24, 2.45) is 5.92 Å². The summed E-state index contributed by atoms with van der Waals surface area (Å²) >= 11 is 0. The molecule has 0 aromatic carbocycles. The van der Waals surface area contributed by atoms with Crippen LogP contribution in [0.1, 0.15) is 39.3 Å². The molecule has 0 saturated heterocycles. The van der Waals surface area contributed by atoms with Crippen LogP contribution in [-0.4, -0.2) is 16.1 Å². The molecular formula is C12H21N3. The lowest BCUT2D eigenvalue weighted by molar-refractivity contribution is 0.294. The van der Waals surface area contributed by atoms with Gasteiger partial charge in [0.2, 0.25) is 0 Å². The van der Waals surface area contributed by atoms with E-state index in [9.17, 15) is 0 Å². The van der Waals surface area contributed by atoms with Crippen LogP contribution in [0.4, 0.5) is 0 Å². The molecule has 3 heteroatoms. The molecule has 2 rings (SSSR count). The Hall–Kier alpha value is -0.830. The second kappa shape index (κ2) is 3.97. The summed E-state index contributed by atoms with van der Waals surface area (Å²) in [5, 5.41) is 3.36. The van der Waals surface area contributed by atoms with Gasteiger partial charge < -0.3 is 9.88 Å². The zero-order valence-corrected chi connectivity index (χ0v) is 9.95. The largest absolute Gasteiger partial charge is 0.327 e. The monoisotopic (exact) mass is 207 g/mol. The Labute approximate surface area is 91.9 Å². The fourth-order valence-electron chi connectivity index (χ4n) is 2.21. The zero-order valence-electron chi connectivity index (χ0n) is 9.95. The van der Waals surface area contributed by atoms with Crippen molar-refractivity contribution in [2.75, 3.05) is 6.54 Å². The summed E-state index contributed by atoms with van der Waals surface area (Å²) in [6, 6.07) is 0. The Morgan fingerprint density at radius 2 is 2.27 bits per heavy atom. The quantitative estimate of drug-likeness (QED) is 0.801. The molecule has 15 heavy (non-hydrogen) atoms. The number of hydrogen-bond acceptors (Lipinski definition) is 2. The predicted molar refractivity (Wildman–Crippen MR) is 61.7 cm³/mol. The van der Waals surface area contributed by atoms with Gasteiger partial charge in [0.05, 0.1) is 12.0 Å². The third-order valence-corrected chi connectivity index (χ3v) is 3.47. The highest BCUT2D eigenvalue weighted by atomic mass is 15.1. The van der Waals surface area contributed by atoms with Gasteiger partial charge in [0, 0.05) is 18.3 Å². The second-order valence-corrected chi connectivity index (χ2v) is 4.96. The lowest BCUT2D eigenvalue weighted by Crippen LogP contribution is -2.31. The maximum Gasteiger partial charge on any atom is 0.0953 e. The molecule has 0 amide bonds. The summed E-state index contributed by atoms with van der Waals surface area (Å²) in [7, 11) is 0. The van der Waals surface area contributed by atoms with E-state index in [1.165, 1.54) is 18.5 Å². The smallest absolute Gasteiger partial charge is 0.0953 e. The molecule has 84 valence electrons. The van der Waals surface area contributed by atoms with E-state index in [4.69, 9.17) is 0 Å². The van der Waals surface area contributed by atoms with Crippen molar-refractivity contribution in [1.29, 1.82) is 0 Å². The third kappa shape index (κ3) is 2.07. The molecule has 0 aliphatic heterocycles. The molecule has 0 spiro atoms. The first kappa shape index (κ1) is 10.7. The number of hydrogen-bond donors (Lipinski definition) is 1.